The fraction of sp³-hybridized carbons (Fsp3) is 0.312. The maximum absolute atomic E-state index is 11.7. The molecule has 0 aliphatic carbocycles. The van der Waals surface area contributed by atoms with Gasteiger partial charge < -0.3 is 10.1 Å². The Labute approximate surface area is 124 Å². The van der Waals surface area contributed by atoms with Gasteiger partial charge in [0.05, 0.1) is 17.9 Å². The van der Waals surface area contributed by atoms with Gasteiger partial charge in [0.15, 0.2) is 0 Å². The highest BCUT2D eigenvalue weighted by Crippen LogP contribution is 2.09. The van der Waals surface area contributed by atoms with E-state index in [0.29, 0.717) is 23.8 Å². The molecule has 0 fully saturated rings. The van der Waals surface area contributed by atoms with Crippen molar-refractivity contribution in [3.05, 3.63) is 53.3 Å². The van der Waals surface area contributed by atoms with Gasteiger partial charge in [-0.3, -0.25) is 0 Å². The Morgan fingerprint density at radius 2 is 2.05 bits per heavy atom. The van der Waals surface area contributed by atoms with E-state index in [4.69, 9.17) is 4.74 Å². The second-order valence-corrected chi connectivity index (χ2v) is 4.58. The van der Waals surface area contributed by atoms with E-state index in [1.807, 2.05) is 18.2 Å². The minimum atomic E-state index is -0.383. The molecule has 0 atom stereocenters. The fourth-order valence-corrected chi connectivity index (χ4v) is 1.92. The number of hydrogen-bond acceptors (Lipinski definition) is 5. The number of nitrogens with one attached hydrogen (secondary N) is 1. The first kappa shape index (κ1) is 15.0. The van der Waals surface area contributed by atoms with Crippen LogP contribution in [-0.2, 0) is 11.2 Å². The normalized spacial score (nSPS) is 10.2. The van der Waals surface area contributed by atoms with E-state index in [1.165, 1.54) is 11.8 Å². The molecule has 1 aromatic heterocycles. The molecule has 2 rings (SSSR count). The number of rotatable bonds is 6. The highest BCUT2D eigenvalue weighted by molar-refractivity contribution is 5.90. The van der Waals surface area contributed by atoms with Gasteiger partial charge in [-0.2, -0.15) is 0 Å². The lowest BCUT2D eigenvalue weighted by atomic mass is 10.1. The average Bonchev–Trinajstić information content (AvgIpc) is 2.48. The third-order valence-corrected chi connectivity index (χ3v) is 3.01. The van der Waals surface area contributed by atoms with Crippen LogP contribution in [0.3, 0.4) is 0 Å². The lowest BCUT2D eigenvalue weighted by Crippen LogP contribution is -2.12. The van der Waals surface area contributed by atoms with Gasteiger partial charge in [0.25, 0.3) is 0 Å². The summed E-state index contributed by atoms with van der Waals surface area (Å²) in [5, 5.41) is 3.16. The van der Waals surface area contributed by atoms with E-state index in [1.54, 1.807) is 13.8 Å². The van der Waals surface area contributed by atoms with Crippen molar-refractivity contribution < 1.29 is 9.53 Å². The van der Waals surface area contributed by atoms with Gasteiger partial charge in [-0.05, 0) is 25.8 Å². The Kier molecular flexibility index (Phi) is 5.26. The molecular weight excluding hydrogens is 266 g/mol. The fourth-order valence-electron chi connectivity index (χ4n) is 1.92. The molecule has 5 heteroatoms. The molecule has 0 saturated heterocycles. The Morgan fingerprint density at radius 1 is 1.29 bits per heavy atom. The number of ether oxygens (including phenoxy) is 1. The Morgan fingerprint density at radius 3 is 2.71 bits per heavy atom. The molecule has 0 spiro atoms. The van der Waals surface area contributed by atoms with Crippen LogP contribution in [-0.4, -0.2) is 29.1 Å². The van der Waals surface area contributed by atoms with E-state index >= 15 is 0 Å². The molecule has 5 nitrogen and oxygen atoms in total. The summed E-state index contributed by atoms with van der Waals surface area (Å²) < 4.78 is 4.95. The second-order valence-electron chi connectivity index (χ2n) is 4.58. The molecule has 110 valence electrons. The van der Waals surface area contributed by atoms with Crippen molar-refractivity contribution in [3.63, 3.8) is 0 Å². The minimum Gasteiger partial charge on any atom is -0.462 e. The summed E-state index contributed by atoms with van der Waals surface area (Å²) in [6.07, 6.45) is 2.40. The van der Waals surface area contributed by atoms with Crippen LogP contribution in [0.2, 0.25) is 0 Å². The molecule has 0 amide bonds. The number of aryl methyl sites for hydroxylation is 1. The number of anilines is 1. The molecule has 2 aromatic rings. The molecule has 21 heavy (non-hydrogen) atoms. The predicted octanol–water partition coefficient (Wildman–Crippen LogP) is 2.62. The SMILES string of the molecule is CCOC(=O)c1cnc(NCCc2ccccc2)nc1C. The molecule has 1 N–H and O–H groups in total. The van der Waals surface area contributed by atoms with Crippen molar-refractivity contribution in [2.75, 3.05) is 18.5 Å². The summed E-state index contributed by atoms with van der Waals surface area (Å²) in [7, 11) is 0. The molecular formula is C16H19N3O2. The molecule has 0 saturated carbocycles. The third kappa shape index (κ3) is 4.27. The monoisotopic (exact) mass is 285 g/mol. The van der Waals surface area contributed by atoms with E-state index in [-0.39, 0.29) is 5.97 Å². The second kappa shape index (κ2) is 7.38. The van der Waals surface area contributed by atoms with Crippen LogP contribution in [0.25, 0.3) is 0 Å². The van der Waals surface area contributed by atoms with E-state index < -0.39 is 0 Å². The number of esters is 1. The quantitative estimate of drug-likeness (QED) is 0.827. The van der Waals surface area contributed by atoms with Crippen LogP contribution in [0, 0.1) is 6.92 Å². The molecule has 0 radical (unpaired) electrons. The Balaban J connectivity index is 1.93. The first-order valence-corrected chi connectivity index (χ1v) is 6.99. The Hall–Kier alpha value is -2.43. The minimum absolute atomic E-state index is 0.343. The van der Waals surface area contributed by atoms with Crippen molar-refractivity contribution in [1.29, 1.82) is 0 Å². The van der Waals surface area contributed by atoms with Crippen molar-refractivity contribution in [2.24, 2.45) is 0 Å². The van der Waals surface area contributed by atoms with Gasteiger partial charge in [0, 0.05) is 12.7 Å². The molecule has 0 unspecified atom stereocenters. The number of aromatic nitrogens is 2. The van der Waals surface area contributed by atoms with Crippen LogP contribution >= 0.6 is 0 Å². The van der Waals surface area contributed by atoms with Gasteiger partial charge in [-0.15, -0.1) is 0 Å². The summed E-state index contributed by atoms with van der Waals surface area (Å²) in [6.45, 7) is 4.63. The zero-order chi connectivity index (χ0) is 15.1. The van der Waals surface area contributed by atoms with Gasteiger partial charge >= 0.3 is 5.97 Å². The van der Waals surface area contributed by atoms with E-state index in [2.05, 4.69) is 27.4 Å². The molecule has 0 aliphatic heterocycles. The standard InChI is InChI=1S/C16H19N3O2/c1-3-21-15(20)14-11-18-16(19-12(14)2)17-10-9-13-7-5-4-6-8-13/h4-8,11H,3,9-10H2,1-2H3,(H,17,18,19). The molecule has 0 bridgehead atoms. The molecule has 1 heterocycles. The van der Waals surface area contributed by atoms with Gasteiger partial charge in [-0.25, -0.2) is 14.8 Å². The average molecular weight is 285 g/mol. The summed E-state index contributed by atoms with van der Waals surface area (Å²) in [5.74, 6) is 0.141. The highest BCUT2D eigenvalue weighted by atomic mass is 16.5. The van der Waals surface area contributed by atoms with Crippen molar-refractivity contribution in [3.8, 4) is 0 Å². The van der Waals surface area contributed by atoms with E-state index in [9.17, 15) is 4.79 Å². The predicted molar refractivity (Wildman–Crippen MR) is 81.4 cm³/mol. The first-order valence-electron chi connectivity index (χ1n) is 6.99. The van der Waals surface area contributed by atoms with Crippen LogP contribution in [0.4, 0.5) is 5.95 Å². The number of benzene rings is 1. The number of carbonyl (C=O) groups excluding carboxylic acids is 1. The molecule has 1 aromatic carbocycles. The number of hydrogen-bond donors (Lipinski definition) is 1. The first-order chi connectivity index (χ1) is 10.2. The van der Waals surface area contributed by atoms with Gasteiger partial charge in [0.1, 0.15) is 0 Å². The lowest BCUT2D eigenvalue weighted by Gasteiger charge is -2.08. The topological polar surface area (TPSA) is 64.1 Å². The highest BCUT2D eigenvalue weighted by Gasteiger charge is 2.12. The lowest BCUT2D eigenvalue weighted by molar-refractivity contribution is 0.0524. The van der Waals surface area contributed by atoms with Crippen LogP contribution in [0.1, 0.15) is 28.5 Å². The number of carbonyl (C=O) groups is 1. The maximum Gasteiger partial charge on any atom is 0.341 e. The van der Waals surface area contributed by atoms with Gasteiger partial charge in [0.2, 0.25) is 5.95 Å². The van der Waals surface area contributed by atoms with Crippen molar-refractivity contribution in [1.82, 2.24) is 9.97 Å². The van der Waals surface area contributed by atoms with Crippen molar-refractivity contribution in [2.45, 2.75) is 20.3 Å². The summed E-state index contributed by atoms with van der Waals surface area (Å²) in [4.78, 5) is 20.1. The Bertz CT molecular complexity index is 600. The van der Waals surface area contributed by atoms with Crippen molar-refractivity contribution >= 4 is 11.9 Å². The van der Waals surface area contributed by atoms with Crippen LogP contribution in [0.5, 0.6) is 0 Å². The smallest absolute Gasteiger partial charge is 0.341 e. The zero-order valence-corrected chi connectivity index (χ0v) is 12.3. The summed E-state index contributed by atoms with van der Waals surface area (Å²) >= 11 is 0. The van der Waals surface area contributed by atoms with Crippen LogP contribution < -0.4 is 5.32 Å². The zero-order valence-electron chi connectivity index (χ0n) is 12.3. The molecule has 0 aliphatic rings. The largest absolute Gasteiger partial charge is 0.462 e. The van der Waals surface area contributed by atoms with E-state index in [0.717, 1.165) is 13.0 Å². The summed E-state index contributed by atoms with van der Waals surface area (Å²) in [5.41, 5.74) is 2.28. The summed E-state index contributed by atoms with van der Waals surface area (Å²) in [6, 6.07) is 10.2. The van der Waals surface area contributed by atoms with Gasteiger partial charge in [-0.1, -0.05) is 30.3 Å². The number of nitrogens with zero attached hydrogens (tertiary/aromatic N) is 2. The third-order valence-electron chi connectivity index (χ3n) is 3.01. The maximum atomic E-state index is 11.7. The van der Waals surface area contributed by atoms with Crippen LogP contribution in [0.15, 0.2) is 36.5 Å².